The van der Waals surface area contributed by atoms with Crippen molar-refractivity contribution in [3.05, 3.63) is 46.2 Å². The number of hydrogen-bond acceptors (Lipinski definition) is 5. The van der Waals surface area contributed by atoms with Gasteiger partial charge in [-0.15, -0.1) is 11.3 Å². The summed E-state index contributed by atoms with van der Waals surface area (Å²) in [6.45, 7) is -2.97. The van der Waals surface area contributed by atoms with Crippen molar-refractivity contribution in [3.63, 3.8) is 0 Å². The Morgan fingerprint density at radius 3 is 2.71 bits per heavy atom. The zero-order valence-corrected chi connectivity index (χ0v) is 13.4. The van der Waals surface area contributed by atoms with Gasteiger partial charge in [0.15, 0.2) is 0 Å². The summed E-state index contributed by atoms with van der Waals surface area (Å²) >= 11 is 1.23. The van der Waals surface area contributed by atoms with Gasteiger partial charge in [-0.3, -0.25) is 0 Å². The molecule has 0 aliphatic rings. The molecule has 2 N–H and O–H groups in total. The summed E-state index contributed by atoms with van der Waals surface area (Å²) < 4.78 is 33.7. The zero-order valence-electron chi connectivity index (χ0n) is 12.5. The van der Waals surface area contributed by atoms with Crippen molar-refractivity contribution in [2.45, 2.75) is 13.2 Å². The van der Waals surface area contributed by atoms with E-state index in [2.05, 4.69) is 20.1 Å². The van der Waals surface area contributed by atoms with Gasteiger partial charge in [-0.25, -0.2) is 9.59 Å². The molecule has 0 spiro atoms. The number of halogens is 2. The SMILES string of the molecule is COC(=O)c1cscc1NC(=O)NCc1ccccc1OC(F)F. The summed E-state index contributed by atoms with van der Waals surface area (Å²) in [4.78, 5) is 23.5. The highest BCUT2D eigenvalue weighted by Crippen LogP contribution is 2.22. The first-order chi connectivity index (χ1) is 11.5. The third-order valence-corrected chi connectivity index (χ3v) is 3.69. The molecule has 0 aliphatic heterocycles. The van der Waals surface area contributed by atoms with Crippen LogP contribution in [-0.2, 0) is 11.3 Å². The summed E-state index contributed by atoms with van der Waals surface area (Å²) in [6.07, 6.45) is 0. The molecule has 1 aromatic heterocycles. The van der Waals surface area contributed by atoms with Crippen LogP contribution in [0.25, 0.3) is 0 Å². The molecule has 2 rings (SSSR count). The van der Waals surface area contributed by atoms with Crippen LogP contribution in [0.4, 0.5) is 19.3 Å². The molecule has 0 bridgehead atoms. The Kier molecular flexibility index (Phi) is 6.07. The fraction of sp³-hybridized carbons (Fsp3) is 0.200. The average Bonchev–Trinajstić information content (AvgIpc) is 3.01. The first kappa shape index (κ1) is 17.7. The molecule has 2 aromatic rings. The summed E-state index contributed by atoms with van der Waals surface area (Å²) in [5.41, 5.74) is 0.937. The number of benzene rings is 1. The molecule has 0 saturated carbocycles. The molecule has 1 heterocycles. The highest BCUT2D eigenvalue weighted by atomic mass is 32.1. The molecule has 1 aromatic carbocycles. The molecule has 0 radical (unpaired) electrons. The fourth-order valence-electron chi connectivity index (χ4n) is 1.86. The molecule has 0 saturated heterocycles. The van der Waals surface area contributed by atoms with Gasteiger partial charge in [-0.2, -0.15) is 8.78 Å². The van der Waals surface area contributed by atoms with Crippen molar-refractivity contribution in [2.75, 3.05) is 12.4 Å². The number of carbonyl (C=O) groups excluding carboxylic acids is 2. The lowest BCUT2D eigenvalue weighted by molar-refractivity contribution is -0.0504. The van der Waals surface area contributed by atoms with Gasteiger partial charge in [-0.1, -0.05) is 18.2 Å². The number of urea groups is 1. The number of alkyl halides is 2. The largest absolute Gasteiger partial charge is 0.465 e. The van der Waals surface area contributed by atoms with Crippen LogP contribution < -0.4 is 15.4 Å². The van der Waals surface area contributed by atoms with Gasteiger partial charge in [0.25, 0.3) is 0 Å². The van der Waals surface area contributed by atoms with E-state index in [0.717, 1.165) is 0 Å². The van der Waals surface area contributed by atoms with Crippen LogP contribution in [0.1, 0.15) is 15.9 Å². The van der Waals surface area contributed by atoms with Gasteiger partial charge in [0, 0.05) is 22.9 Å². The highest BCUT2D eigenvalue weighted by Gasteiger charge is 2.15. The second-order valence-corrected chi connectivity index (χ2v) is 5.23. The van der Waals surface area contributed by atoms with Gasteiger partial charge in [0.1, 0.15) is 5.75 Å². The number of nitrogens with one attached hydrogen (secondary N) is 2. The van der Waals surface area contributed by atoms with E-state index in [9.17, 15) is 18.4 Å². The van der Waals surface area contributed by atoms with Gasteiger partial charge >= 0.3 is 18.6 Å². The molecule has 6 nitrogen and oxygen atoms in total. The van der Waals surface area contributed by atoms with Crippen LogP contribution >= 0.6 is 11.3 Å². The zero-order chi connectivity index (χ0) is 17.5. The minimum atomic E-state index is -2.95. The van der Waals surface area contributed by atoms with E-state index >= 15 is 0 Å². The smallest absolute Gasteiger partial charge is 0.387 e. The van der Waals surface area contributed by atoms with Crippen LogP contribution in [0.5, 0.6) is 5.75 Å². The van der Waals surface area contributed by atoms with Crippen molar-refractivity contribution in [1.82, 2.24) is 5.32 Å². The number of thiophene rings is 1. The lowest BCUT2D eigenvalue weighted by Crippen LogP contribution is -2.29. The average molecular weight is 356 g/mol. The number of esters is 1. The van der Waals surface area contributed by atoms with Crippen molar-refractivity contribution in [3.8, 4) is 5.75 Å². The Balaban J connectivity index is 1.97. The van der Waals surface area contributed by atoms with Gasteiger partial charge < -0.3 is 20.1 Å². The number of para-hydroxylation sites is 1. The molecule has 2 amide bonds. The number of methoxy groups -OCH3 is 1. The maximum absolute atomic E-state index is 12.3. The van der Waals surface area contributed by atoms with E-state index in [4.69, 9.17) is 0 Å². The Hall–Kier alpha value is -2.68. The summed E-state index contributed by atoms with van der Waals surface area (Å²) in [5, 5.41) is 8.15. The normalized spacial score (nSPS) is 10.3. The number of ether oxygens (including phenoxy) is 2. The Morgan fingerprint density at radius 2 is 2.00 bits per heavy atom. The molecule has 24 heavy (non-hydrogen) atoms. The lowest BCUT2D eigenvalue weighted by atomic mass is 10.2. The van der Waals surface area contributed by atoms with Crippen LogP contribution in [0.15, 0.2) is 35.0 Å². The van der Waals surface area contributed by atoms with Crippen LogP contribution in [-0.4, -0.2) is 25.7 Å². The quantitative estimate of drug-likeness (QED) is 0.777. The molecule has 0 fully saturated rings. The summed E-state index contributed by atoms with van der Waals surface area (Å²) in [6, 6.07) is 5.54. The second-order valence-electron chi connectivity index (χ2n) is 4.48. The molecular formula is C15H14F2N2O4S. The highest BCUT2D eigenvalue weighted by molar-refractivity contribution is 7.08. The predicted octanol–water partition coefficient (Wildman–Crippen LogP) is 3.46. The minimum absolute atomic E-state index is 0.0152. The van der Waals surface area contributed by atoms with E-state index in [1.54, 1.807) is 29.0 Å². The molecule has 128 valence electrons. The van der Waals surface area contributed by atoms with Crippen molar-refractivity contribution < 1.29 is 27.8 Å². The molecule has 9 heteroatoms. The summed E-state index contributed by atoms with van der Waals surface area (Å²) in [5.74, 6) is -0.583. The Morgan fingerprint density at radius 1 is 1.25 bits per heavy atom. The molecule has 0 unspecified atom stereocenters. The predicted molar refractivity (Wildman–Crippen MR) is 84.6 cm³/mol. The second kappa shape index (κ2) is 8.25. The third-order valence-electron chi connectivity index (χ3n) is 2.94. The Labute approximate surface area is 140 Å². The monoisotopic (exact) mass is 356 g/mol. The van der Waals surface area contributed by atoms with Crippen molar-refractivity contribution in [2.24, 2.45) is 0 Å². The Bertz CT molecular complexity index is 721. The lowest BCUT2D eigenvalue weighted by Gasteiger charge is -2.12. The molecular weight excluding hydrogens is 342 g/mol. The number of amides is 2. The van der Waals surface area contributed by atoms with E-state index in [1.807, 2.05) is 0 Å². The number of anilines is 1. The van der Waals surface area contributed by atoms with E-state index < -0.39 is 18.6 Å². The van der Waals surface area contributed by atoms with Crippen LogP contribution in [0, 0.1) is 0 Å². The first-order valence-electron chi connectivity index (χ1n) is 6.73. The summed E-state index contributed by atoms with van der Waals surface area (Å²) in [7, 11) is 1.24. The maximum atomic E-state index is 12.3. The first-order valence-corrected chi connectivity index (χ1v) is 7.67. The molecule has 0 atom stereocenters. The van der Waals surface area contributed by atoms with E-state index in [0.29, 0.717) is 11.3 Å². The number of carbonyl (C=O) groups is 2. The number of hydrogen-bond donors (Lipinski definition) is 2. The van der Waals surface area contributed by atoms with Gasteiger partial charge in [-0.05, 0) is 6.07 Å². The maximum Gasteiger partial charge on any atom is 0.387 e. The van der Waals surface area contributed by atoms with Crippen LogP contribution in [0.3, 0.4) is 0 Å². The standard InChI is InChI=1S/C15H14F2N2O4S/c1-22-13(20)10-7-24-8-11(10)19-15(21)18-6-9-4-2-3-5-12(9)23-14(16)17/h2-5,7-8,14H,6H2,1H3,(H2,18,19,21). The van der Waals surface area contributed by atoms with Gasteiger partial charge in [0.05, 0.1) is 18.4 Å². The third kappa shape index (κ3) is 4.66. The van der Waals surface area contributed by atoms with E-state index in [-0.39, 0.29) is 17.9 Å². The topological polar surface area (TPSA) is 76.7 Å². The van der Waals surface area contributed by atoms with Crippen molar-refractivity contribution in [1.29, 1.82) is 0 Å². The fourth-order valence-corrected chi connectivity index (χ4v) is 2.61. The minimum Gasteiger partial charge on any atom is -0.465 e. The van der Waals surface area contributed by atoms with Crippen LogP contribution in [0.2, 0.25) is 0 Å². The number of rotatable bonds is 6. The molecule has 0 aliphatic carbocycles. The van der Waals surface area contributed by atoms with Gasteiger partial charge in [0.2, 0.25) is 0 Å². The van der Waals surface area contributed by atoms with Crippen molar-refractivity contribution >= 4 is 29.0 Å². The van der Waals surface area contributed by atoms with E-state index in [1.165, 1.54) is 24.5 Å².